The van der Waals surface area contributed by atoms with Gasteiger partial charge in [0.15, 0.2) is 0 Å². The van der Waals surface area contributed by atoms with Gasteiger partial charge in [0.05, 0.1) is 41.8 Å². The summed E-state index contributed by atoms with van der Waals surface area (Å²) in [5.41, 5.74) is 31.6. The molecule has 26 heteroatoms. The largest absolute Gasteiger partial charge is 4.00 e. The van der Waals surface area contributed by atoms with Crippen molar-refractivity contribution in [3.8, 4) is 0 Å². The molecule has 0 amide bonds. The quantitative estimate of drug-likeness (QED) is 0.119. The van der Waals surface area contributed by atoms with Crippen molar-refractivity contribution in [1.29, 1.82) is 0 Å². The summed E-state index contributed by atoms with van der Waals surface area (Å²) in [6.07, 6.45) is 0. The molecule has 0 spiro atoms. The molecule has 0 saturated carbocycles. The Morgan fingerprint density at radius 1 is 0.325 bits per heavy atom. The zero-order valence-corrected chi connectivity index (χ0v) is 26.6. The number of hydrogen-bond donors (Lipinski definition) is 7. The normalized spacial score (nSPS) is 6.47. The molecule has 0 radical (unpaired) electrons. The first-order valence-corrected chi connectivity index (χ1v) is 8.19. The topological polar surface area (TPSA) is 463 Å². The minimum Gasteiger partial charge on any atom is -0.549 e. The van der Waals surface area contributed by atoms with E-state index in [9.17, 15) is 0 Å². The molecule has 0 rings (SSSR count). The minimum atomic E-state index is -1.22. The van der Waals surface area contributed by atoms with E-state index >= 15 is 0 Å². The number of carboxylic acid groups (broad SMARTS) is 7. The Labute approximate surface area is 276 Å². The van der Waals surface area contributed by atoms with E-state index in [2.05, 4.69) is 40.1 Å². The molecule has 0 heterocycles. The first-order valence-electron chi connectivity index (χ1n) is 8.19. The molecule has 0 aliphatic carbocycles. The maximum absolute atomic E-state index is 9.13. The molecule has 0 fully saturated rings. The summed E-state index contributed by atoms with van der Waals surface area (Å²) in [6, 6.07) is 0. The van der Waals surface area contributed by atoms with Crippen molar-refractivity contribution >= 4 is 96.4 Å². The van der Waals surface area contributed by atoms with Gasteiger partial charge in [-0.2, -0.15) is 0 Å². The van der Waals surface area contributed by atoms with Crippen LogP contribution in [0.4, 0.5) is 0 Å². The predicted molar refractivity (Wildman–Crippen MR) is 126 cm³/mol. The minimum absolute atomic E-state index is 0. The van der Waals surface area contributed by atoms with Crippen molar-refractivity contribution in [3.05, 3.63) is 0 Å². The molecule has 0 aromatic carbocycles. The van der Waals surface area contributed by atoms with Gasteiger partial charge in [-0.3, -0.25) is 0 Å². The SMILES string of the molecule is Cl.Cl.Cl.NCC(=O)[O-].NCC(=O)[O-].NCC(=O)[O-].NCC(=O)[O-].NCC(=O)[O-].NCC(=O)[O-].NCC(=O)[O-].[Al+3].[Zr+4]. The molecule has 0 aromatic rings. The third-order valence-corrected chi connectivity index (χ3v) is 1.17. The molecule has 234 valence electrons. The summed E-state index contributed by atoms with van der Waals surface area (Å²) in [7, 11) is 0. The van der Waals surface area contributed by atoms with Gasteiger partial charge in [0.25, 0.3) is 0 Å². The molecular formula is C14H31AlCl3N7O14Zr. The second-order valence-electron chi connectivity index (χ2n) is 4.03. The Bertz CT molecular complexity index is 467. The number of carbonyl (C=O) groups is 7. The Morgan fingerprint density at radius 3 is 0.350 bits per heavy atom. The molecule has 0 bridgehead atoms. The van der Waals surface area contributed by atoms with Crippen LogP contribution < -0.4 is 75.9 Å². The van der Waals surface area contributed by atoms with Gasteiger partial charge in [-0.15, -0.1) is 37.2 Å². The second kappa shape index (κ2) is 71.1. The first kappa shape index (κ1) is 77.0. The Hall–Kier alpha value is -1.70. The molecule has 21 nitrogen and oxygen atoms in total. The van der Waals surface area contributed by atoms with Gasteiger partial charge >= 0.3 is 43.6 Å². The van der Waals surface area contributed by atoms with Crippen LogP contribution in [0.1, 0.15) is 0 Å². The Kier molecular flexibility index (Phi) is 137. The van der Waals surface area contributed by atoms with E-state index in [0.717, 1.165) is 0 Å². The van der Waals surface area contributed by atoms with Gasteiger partial charge in [-0.05, 0) is 0 Å². The number of halogens is 3. The summed E-state index contributed by atoms with van der Waals surface area (Å²) in [6.45, 7) is -2.72. The molecule has 0 aliphatic rings. The summed E-state index contributed by atoms with van der Waals surface area (Å²) in [4.78, 5) is 63.9. The Balaban J connectivity index is -0.0000000224. The monoisotopic (exact) mass is 743 g/mol. The van der Waals surface area contributed by atoms with Crippen LogP contribution in [-0.2, 0) is 59.8 Å². The van der Waals surface area contributed by atoms with Crippen LogP contribution in [0.3, 0.4) is 0 Å². The average Bonchev–Trinajstić information content (AvgIpc) is 2.80. The van der Waals surface area contributed by atoms with Crippen LogP contribution >= 0.6 is 37.2 Å². The molecule has 0 unspecified atom stereocenters. The van der Waals surface area contributed by atoms with Crippen molar-refractivity contribution < 1.29 is 95.5 Å². The molecule has 14 N–H and O–H groups in total. The van der Waals surface area contributed by atoms with Gasteiger partial charge < -0.3 is 109 Å². The van der Waals surface area contributed by atoms with Crippen LogP contribution in [-0.4, -0.2) is 105 Å². The van der Waals surface area contributed by atoms with Crippen LogP contribution in [0.25, 0.3) is 0 Å². The molecule has 0 aliphatic heterocycles. The van der Waals surface area contributed by atoms with Gasteiger partial charge in [-0.25, -0.2) is 0 Å². The first-order chi connectivity index (χ1) is 15.9. The van der Waals surface area contributed by atoms with Crippen LogP contribution in [0, 0.1) is 0 Å². The molecular weight excluding hydrogens is 715 g/mol. The Morgan fingerprint density at radius 2 is 0.350 bits per heavy atom. The van der Waals surface area contributed by atoms with Gasteiger partial charge in [0, 0.05) is 45.8 Å². The van der Waals surface area contributed by atoms with Crippen molar-refractivity contribution in [3.63, 3.8) is 0 Å². The summed E-state index contributed by atoms with van der Waals surface area (Å²) >= 11 is 0. The summed E-state index contributed by atoms with van der Waals surface area (Å²) in [5.74, 6) is -8.52. The van der Waals surface area contributed by atoms with Gasteiger partial charge in [0.2, 0.25) is 0 Å². The van der Waals surface area contributed by atoms with E-state index in [1.165, 1.54) is 0 Å². The second-order valence-corrected chi connectivity index (χ2v) is 4.03. The number of carbonyl (C=O) groups excluding carboxylic acids is 7. The summed E-state index contributed by atoms with van der Waals surface area (Å²) in [5, 5.41) is 63.9. The predicted octanol–water partition coefficient (Wildman–Crippen LogP) is -15.3. The number of carboxylic acids is 7. The maximum atomic E-state index is 9.13. The number of rotatable bonds is 7. The average molecular weight is 746 g/mol. The fourth-order valence-electron chi connectivity index (χ4n) is 0. The van der Waals surface area contributed by atoms with Gasteiger partial charge in [0.1, 0.15) is 0 Å². The third kappa shape index (κ3) is 299. The van der Waals surface area contributed by atoms with Crippen molar-refractivity contribution in [2.75, 3.05) is 45.8 Å². The van der Waals surface area contributed by atoms with E-state index < -0.39 is 41.8 Å². The fourth-order valence-corrected chi connectivity index (χ4v) is 0. The molecule has 0 aromatic heterocycles. The van der Waals surface area contributed by atoms with Crippen LogP contribution in [0.5, 0.6) is 0 Å². The van der Waals surface area contributed by atoms with Crippen LogP contribution in [0.2, 0.25) is 0 Å². The van der Waals surface area contributed by atoms with E-state index in [4.69, 9.17) is 69.3 Å². The van der Waals surface area contributed by atoms with Crippen LogP contribution in [0.15, 0.2) is 0 Å². The van der Waals surface area contributed by atoms with Gasteiger partial charge in [-0.1, -0.05) is 0 Å². The fraction of sp³-hybridized carbons (Fsp3) is 0.500. The molecule has 40 heavy (non-hydrogen) atoms. The zero-order valence-electron chi connectivity index (χ0n) is 20.5. The number of hydrogen-bond acceptors (Lipinski definition) is 21. The third-order valence-electron chi connectivity index (χ3n) is 1.17. The van der Waals surface area contributed by atoms with E-state index in [-0.39, 0.29) is 127 Å². The van der Waals surface area contributed by atoms with E-state index in [0.29, 0.717) is 0 Å². The standard InChI is InChI=1S/7C2H5NO2.Al.3ClH.Zr/c7*3-1-2(4)5;;;;;/h7*1,3H2,(H,4,5);;3*1H;/q;;;;;;;+3;;;;+4/p-7. The maximum Gasteiger partial charge on any atom is 4.00 e. The van der Waals surface area contributed by atoms with Crippen molar-refractivity contribution in [2.45, 2.75) is 0 Å². The number of nitrogens with two attached hydrogens (primary N) is 7. The summed E-state index contributed by atoms with van der Waals surface area (Å²) < 4.78 is 0. The van der Waals surface area contributed by atoms with Crippen molar-refractivity contribution in [1.82, 2.24) is 0 Å². The smallest absolute Gasteiger partial charge is 0.549 e. The van der Waals surface area contributed by atoms with E-state index in [1.807, 2.05) is 0 Å². The van der Waals surface area contributed by atoms with Crippen molar-refractivity contribution in [2.24, 2.45) is 40.1 Å². The molecule has 0 atom stereocenters. The molecule has 0 saturated heterocycles. The zero-order chi connectivity index (χ0) is 30.0. The van der Waals surface area contributed by atoms with E-state index in [1.54, 1.807) is 0 Å². The number of aliphatic carboxylic acids is 7.